The van der Waals surface area contributed by atoms with E-state index in [1.54, 1.807) is 0 Å². The lowest BCUT2D eigenvalue weighted by atomic mass is 9.96. The molecule has 5 nitrogen and oxygen atoms in total. The van der Waals surface area contributed by atoms with Crippen LogP contribution >= 0.6 is 11.6 Å². The highest BCUT2D eigenvalue weighted by molar-refractivity contribution is 6.30. The van der Waals surface area contributed by atoms with E-state index in [2.05, 4.69) is 46.6 Å². The number of para-hydroxylation sites is 2. The lowest BCUT2D eigenvalue weighted by molar-refractivity contribution is 0.126. The second kappa shape index (κ2) is 10.5. The van der Waals surface area contributed by atoms with Gasteiger partial charge in [0.15, 0.2) is 0 Å². The lowest BCUT2D eigenvalue weighted by Gasteiger charge is -2.39. The number of hydrogen-bond acceptors (Lipinski definition) is 3. The molecule has 0 radical (unpaired) electrons. The Kier molecular flexibility index (Phi) is 7.30. The molecule has 166 valence electrons. The van der Waals surface area contributed by atoms with E-state index in [4.69, 9.17) is 16.3 Å². The van der Waals surface area contributed by atoms with Crippen molar-refractivity contribution in [3.63, 3.8) is 0 Å². The van der Waals surface area contributed by atoms with Crippen molar-refractivity contribution in [3.05, 3.63) is 95.0 Å². The van der Waals surface area contributed by atoms with Crippen LogP contribution in [0.15, 0.2) is 78.9 Å². The van der Waals surface area contributed by atoms with Crippen LogP contribution < -0.4 is 10.1 Å². The van der Waals surface area contributed by atoms with E-state index in [9.17, 15) is 4.79 Å². The van der Waals surface area contributed by atoms with Gasteiger partial charge in [-0.3, -0.25) is 4.90 Å². The highest BCUT2D eigenvalue weighted by atomic mass is 35.5. The van der Waals surface area contributed by atoms with Crippen LogP contribution in [0.3, 0.4) is 0 Å². The molecule has 1 aliphatic heterocycles. The summed E-state index contributed by atoms with van der Waals surface area (Å²) in [6.45, 7) is 5.35. The number of carbonyl (C=O) groups is 1. The standard InChI is InChI=1S/C26H28ClN3O2/c1-2-32-24-11-7-6-10-23(24)28-26(31)30-18-16-29(17-19-30)25(20-8-4-3-5-9-20)21-12-14-22(27)15-13-21/h3-15,25H,2,16-19H2,1H3,(H,28,31)/t25-/m1/s1. The van der Waals surface area contributed by atoms with E-state index in [1.807, 2.05) is 54.3 Å². The molecule has 1 N–H and O–H groups in total. The number of nitrogens with one attached hydrogen (secondary N) is 1. The van der Waals surface area contributed by atoms with E-state index >= 15 is 0 Å². The summed E-state index contributed by atoms with van der Waals surface area (Å²) >= 11 is 6.13. The minimum absolute atomic E-state index is 0.0976. The topological polar surface area (TPSA) is 44.8 Å². The number of urea groups is 1. The van der Waals surface area contributed by atoms with Crippen molar-refractivity contribution in [1.82, 2.24) is 9.80 Å². The molecule has 1 saturated heterocycles. The maximum Gasteiger partial charge on any atom is 0.322 e. The van der Waals surface area contributed by atoms with E-state index in [-0.39, 0.29) is 12.1 Å². The number of halogens is 1. The molecule has 0 aromatic heterocycles. The minimum Gasteiger partial charge on any atom is -0.492 e. The summed E-state index contributed by atoms with van der Waals surface area (Å²) in [5.74, 6) is 0.689. The number of rotatable bonds is 6. The maximum atomic E-state index is 12.9. The molecule has 3 aromatic rings. The van der Waals surface area contributed by atoms with Crippen LogP contribution in [0.25, 0.3) is 0 Å². The normalized spacial score (nSPS) is 15.2. The smallest absolute Gasteiger partial charge is 0.322 e. The Morgan fingerprint density at radius 2 is 1.53 bits per heavy atom. The Labute approximate surface area is 194 Å². The van der Waals surface area contributed by atoms with Gasteiger partial charge in [0.05, 0.1) is 18.3 Å². The fraction of sp³-hybridized carbons (Fsp3) is 0.269. The van der Waals surface area contributed by atoms with Gasteiger partial charge in [-0.15, -0.1) is 0 Å². The van der Waals surface area contributed by atoms with E-state index in [1.165, 1.54) is 11.1 Å². The minimum atomic E-state index is -0.0976. The molecule has 1 aliphatic rings. The first-order valence-electron chi connectivity index (χ1n) is 11.0. The zero-order chi connectivity index (χ0) is 22.3. The summed E-state index contributed by atoms with van der Waals surface area (Å²) in [5.41, 5.74) is 3.13. The van der Waals surface area contributed by atoms with Crippen molar-refractivity contribution in [3.8, 4) is 5.75 Å². The lowest BCUT2D eigenvalue weighted by Crippen LogP contribution is -2.51. The number of ether oxygens (including phenoxy) is 1. The predicted octanol–water partition coefficient (Wildman–Crippen LogP) is 5.68. The van der Waals surface area contributed by atoms with Crippen molar-refractivity contribution >= 4 is 23.3 Å². The Bertz CT molecular complexity index is 1020. The molecule has 0 saturated carbocycles. The summed E-state index contributed by atoms with van der Waals surface area (Å²) in [6, 6.07) is 26.1. The average Bonchev–Trinajstić information content (AvgIpc) is 2.83. The zero-order valence-electron chi connectivity index (χ0n) is 18.2. The van der Waals surface area contributed by atoms with Gasteiger partial charge < -0.3 is 15.0 Å². The van der Waals surface area contributed by atoms with Crippen LogP contribution in [0.5, 0.6) is 5.75 Å². The van der Waals surface area contributed by atoms with Gasteiger partial charge in [-0.25, -0.2) is 4.79 Å². The molecule has 6 heteroatoms. The average molecular weight is 450 g/mol. The molecule has 2 amide bonds. The molecule has 4 rings (SSSR count). The predicted molar refractivity (Wildman–Crippen MR) is 130 cm³/mol. The highest BCUT2D eigenvalue weighted by Crippen LogP contribution is 2.31. The molecule has 0 unspecified atom stereocenters. The van der Waals surface area contributed by atoms with Crippen LogP contribution in [0, 0.1) is 0 Å². The Balaban J connectivity index is 1.45. The SMILES string of the molecule is CCOc1ccccc1NC(=O)N1CCN([C@H](c2ccccc2)c2ccc(Cl)cc2)CC1. The van der Waals surface area contributed by atoms with Crippen LogP contribution in [0.2, 0.25) is 5.02 Å². The molecular formula is C26H28ClN3O2. The Hall–Kier alpha value is -3.02. The summed E-state index contributed by atoms with van der Waals surface area (Å²) in [4.78, 5) is 17.2. The fourth-order valence-electron chi connectivity index (χ4n) is 4.12. The molecule has 1 fully saturated rings. The highest BCUT2D eigenvalue weighted by Gasteiger charge is 2.28. The monoisotopic (exact) mass is 449 g/mol. The van der Waals surface area contributed by atoms with Gasteiger partial charge in [-0.05, 0) is 42.3 Å². The number of carbonyl (C=O) groups excluding carboxylic acids is 1. The third kappa shape index (κ3) is 5.23. The molecule has 32 heavy (non-hydrogen) atoms. The van der Waals surface area contributed by atoms with Gasteiger partial charge in [0.2, 0.25) is 0 Å². The quantitative estimate of drug-likeness (QED) is 0.526. The fourth-order valence-corrected chi connectivity index (χ4v) is 4.25. The third-order valence-corrected chi connectivity index (χ3v) is 5.95. The number of nitrogens with zero attached hydrogens (tertiary/aromatic N) is 2. The summed E-state index contributed by atoms with van der Waals surface area (Å²) in [7, 11) is 0. The van der Waals surface area contributed by atoms with Crippen molar-refractivity contribution in [2.24, 2.45) is 0 Å². The van der Waals surface area contributed by atoms with Gasteiger partial charge in [-0.1, -0.05) is 66.2 Å². The van der Waals surface area contributed by atoms with Crippen molar-refractivity contribution in [2.75, 3.05) is 38.1 Å². The number of hydrogen-bond donors (Lipinski definition) is 1. The largest absolute Gasteiger partial charge is 0.492 e. The summed E-state index contributed by atoms with van der Waals surface area (Å²) < 4.78 is 5.63. The number of amides is 2. The van der Waals surface area contributed by atoms with Crippen LogP contribution in [-0.4, -0.2) is 48.6 Å². The van der Waals surface area contributed by atoms with Gasteiger partial charge in [0, 0.05) is 31.2 Å². The van der Waals surface area contributed by atoms with Crippen molar-refractivity contribution < 1.29 is 9.53 Å². The zero-order valence-corrected chi connectivity index (χ0v) is 19.0. The van der Waals surface area contributed by atoms with Crippen molar-refractivity contribution in [1.29, 1.82) is 0 Å². The van der Waals surface area contributed by atoms with E-state index in [0.29, 0.717) is 31.1 Å². The molecule has 0 spiro atoms. The maximum absolute atomic E-state index is 12.9. The second-order valence-electron chi connectivity index (χ2n) is 7.75. The molecule has 0 aliphatic carbocycles. The Morgan fingerprint density at radius 1 is 0.906 bits per heavy atom. The first kappa shape index (κ1) is 22.2. The molecular weight excluding hydrogens is 422 g/mol. The number of benzene rings is 3. The number of anilines is 1. The summed E-state index contributed by atoms with van der Waals surface area (Å²) in [5, 5.41) is 3.74. The van der Waals surface area contributed by atoms with E-state index in [0.717, 1.165) is 18.1 Å². The van der Waals surface area contributed by atoms with E-state index < -0.39 is 0 Å². The van der Waals surface area contributed by atoms with Crippen LogP contribution in [-0.2, 0) is 0 Å². The first-order chi connectivity index (χ1) is 15.7. The molecule has 1 heterocycles. The van der Waals surface area contributed by atoms with Gasteiger partial charge in [-0.2, -0.15) is 0 Å². The summed E-state index contributed by atoms with van der Waals surface area (Å²) in [6.07, 6.45) is 0. The van der Waals surface area contributed by atoms with Crippen molar-refractivity contribution in [2.45, 2.75) is 13.0 Å². The first-order valence-corrected chi connectivity index (χ1v) is 11.4. The molecule has 0 bridgehead atoms. The van der Waals surface area contributed by atoms with Gasteiger partial charge in [0.25, 0.3) is 0 Å². The van der Waals surface area contributed by atoms with Gasteiger partial charge in [0.1, 0.15) is 5.75 Å². The number of piperazine rings is 1. The molecule has 3 aromatic carbocycles. The third-order valence-electron chi connectivity index (χ3n) is 5.70. The molecule has 1 atom stereocenters. The van der Waals surface area contributed by atoms with Gasteiger partial charge >= 0.3 is 6.03 Å². The second-order valence-corrected chi connectivity index (χ2v) is 8.18. The van der Waals surface area contributed by atoms with Crippen LogP contribution in [0.4, 0.5) is 10.5 Å². The Morgan fingerprint density at radius 3 is 2.22 bits per heavy atom. The van der Waals surface area contributed by atoms with Crippen LogP contribution in [0.1, 0.15) is 24.1 Å².